The lowest BCUT2D eigenvalue weighted by Gasteiger charge is -2.64. The SMILES string of the molecule is Cc1nc(C)c(C(=O)NCC2CC(Cc3ccccc3)ON2[C@@H](CC(C)C)B2O[C@@H]3C[C@@H]4C[C@@H](C4(C)C)[C@]3(C)O2)s1. The second kappa shape index (κ2) is 11.1. The van der Waals surface area contributed by atoms with E-state index in [9.17, 15) is 4.79 Å². The maximum atomic E-state index is 13.2. The lowest BCUT2D eigenvalue weighted by molar-refractivity contribution is -0.200. The van der Waals surface area contributed by atoms with Crippen molar-refractivity contribution in [3.8, 4) is 0 Å². The summed E-state index contributed by atoms with van der Waals surface area (Å²) in [6, 6.07) is 10.5. The van der Waals surface area contributed by atoms with Crippen LogP contribution in [0.3, 0.4) is 0 Å². The molecule has 7 nitrogen and oxygen atoms in total. The third-order valence-electron chi connectivity index (χ3n) is 10.4. The second-order valence-electron chi connectivity index (χ2n) is 14.1. The molecular formula is C32H46BN3O4S. The summed E-state index contributed by atoms with van der Waals surface area (Å²) in [5, 5.41) is 6.28. The van der Waals surface area contributed by atoms with E-state index < -0.39 is 0 Å². The molecule has 1 N–H and O–H groups in total. The molecule has 2 aromatic rings. The quantitative estimate of drug-likeness (QED) is 0.380. The molecule has 3 saturated carbocycles. The molecule has 0 spiro atoms. The third kappa shape index (κ3) is 5.42. The van der Waals surface area contributed by atoms with E-state index in [-0.39, 0.29) is 42.8 Å². The number of amides is 1. The maximum absolute atomic E-state index is 13.2. The Labute approximate surface area is 249 Å². The standard InChI is InChI=1S/C32H46BN3O4S/c1-19(2)13-28(33-38-27-16-23-15-26(31(23,5)6)32(27,7)40-33)36-24(17-25(39-36)14-22-11-9-8-10-12-22)18-34-30(37)29-20(3)35-21(4)41-29/h8-12,19,23-28H,13-18H2,1-7H3,(H,34,37)/t23-,24?,25?,26-,27+,28-,32-/m0/s1. The van der Waals surface area contributed by atoms with Crippen molar-refractivity contribution in [3.05, 3.63) is 51.5 Å². The number of nitrogens with one attached hydrogen (secondary N) is 1. The zero-order chi connectivity index (χ0) is 29.1. The summed E-state index contributed by atoms with van der Waals surface area (Å²) in [4.78, 5) is 25.1. The van der Waals surface area contributed by atoms with Crippen molar-refractivity contribution < 1.29 is 18.9 Å². The van der Waals surface area contributed by atoms with Crippen LogP contribution in [-0.2, 0) is 20.6 Å². The highest BCUT2D eigenvalue weighted by molar-refractivity contribution is 7.13. The first-order valence-corrected chi connectivity index (χ1v) is 16.3. The van der Waals surface area contributed by atoms with Crippen molar-refractivity contribution in [3.63, 3.8) is 0 Å². The number of benzene rings is 1. The molecule has 5 aliphatic rings. The van der Waals surface area contributed by atoms with Crippen LogP contribution in [0.15, 0.2) is 30.3 Å². The minimum atomic E-state index is -0.359. The van der Waals surface area contributed by atoms with Crippen molar-refractivity contribution >= 4 is 24.4 Å². The smallest absolute Gasteiger partial charge is 0.404 e. The highest BCUT2D eigenvalue weighted by Gasteiger charge is 2.69. The van der Waals surface area contributed by atoms with E-state index in [1.54, 1.807) is 0 Å². The molecule has 2 saturated heterocycles. The van der Waals surface area contributed by atoms with Crippen LogP contribution in [0.2, 0.25) is 0 Å². The monoisotopic (exact) mass is 579 g/mol. The lowest BCUT2D eigenvalue weighted by atomic mass is 9.43. The Kier molecular flexibility index (Phi) is 7.90. The zero-order valence-corrected chi connectivity index (χ0v) is 26.5. The maximum Gasteiger partial charge on any atom is 0.478 e. The van der Waals surface area contributed by atoms with Gasteiger partial charge in [-0.3, -0.25) is 9.63 Å². The number of aromatic nitrogens is 1. The van der Waals surface area contributed by atoms with E-state index >= 15 is 0 Å². The molecule has 2 bridgehead atoms. The van der Waals surface area contributed by atoms with E-state index in [0.29, 0.717) is 34.6 Å². The van der Waals surface area contributed by atoms with E-state index in [1.807, 2.05) is 19.9 Å². The van der Waals surface area contributed by atoms with Crippen LogP contribution in [0, 0.1) is 37.0 Å². The van der Waals surface area contributed by atoms with Gasteiger partial charge in [-0.25, -0.2) is 4.98 Å². The fourth-order valence-corrected chi connectivity index (χ4v) is 8.98. The Morgan fingerprint density at radius 3 is 2.59 bits per heavy atom. The molecule has 0 radical (unpaired) electrons. The molecular weight excluding hydrogens is 533 g/mol. The highest BCUT2D eigenvalue weighted by atomic mass is 32.1. The Morgan fingerprint density at radius 1 is 1.17 bits per heavy atom. The number of rotatable bonds is 9. The number of hydrogen-bond acceptors (Lipinski definition) is 7. The predicted molar refractivity (Wildman–Crippen MR) is 163 cm³/mol. The normalized spacial score (nSPS) is 33.1. The van der Waals surface area contributed by atoms with E-state index in [0.717, 1.165) is 36.4 Å². The Balaban J connectivity index is 1.23. The van der Waals surface area contributed by atoms with Gasteiger partial charge in [0.05, 0.1) is 40.5 Å². The summed E-state index contributed by atoms with van der Waals surface area (Å²) in [7, 11) is -0.359. The van der Waals surface area contributed by atoms with E-state index in [4.69, 9.17) is 14.1 Å². The van der Waals surface area contributed by atoms with Gasteiger partial charge in [0.25, 0.3) is 5.91 Å². The Morgan fingerprint density at radius 2 is 1.93 bits per heavy atom. The molecule has 1 amide bonds. The van der Waals surface area contributed by atoms with Gasteiger partial charge < -0.3 is 14.6 Å². The van der Waals surface area contributed by atoms with E-state index in [2.05, 4.69) is 74.2 Å². The average Bonchev–Trinajstić information content (AvgIpc) is 3.59. The summed E-state index contributed by atoms with van der Waals surface area (Å²) in [5.41, 5.74) is 2.07. The largest absolute Gasteiger partial charge is 0.478 e. The first-order chi connectivity index (χ1) is 19.5. The lowest BCUT2D eigenvalue weighted by Crippen LogP contribution is -2.65. The van der Waals surface area contributed by atoms with Crippen molar-refractivity contribution in [1.82, 2.24) is 15.4 Å². The van der Waals surface area contributed by atoms with Gasteiger partial charge in [-0.1, -0.05) is 58.0 Å². The van der Waals surface area contributed by atoms with Gasteiger partial charge in [-0.05, 0) is 75.2 Å². The van der Waals surface area contributed by atoms with E-state index in [1.165, 1.54) is 23.3 Å². The number of hydrogen-bond donors (Lipinski definition) is 1. The molecule has 5 fully saturated rings. The van der Waals surface area contributed by atoms with Crippen molar-refractivity contribution in [2.45, 2.75) is 110 Å². The van der Waals surface area contributed by atoms with Crippen LogP contribution in [0.5, 0.6) is 0 Å². The summed E-state index contributed by atoms with van der Waals surface area (Å²) in [6.45, 7) is 15.9. The van der Waals surface area contributed by atoms with Gasteiger partial charge in [-0.2, -0.15) is 5.06 Å². The zero-order valence-electron chi connectivity index (χ0n) is 25.7. The van der Waals surface area contributed by atoms with Crippen LogP contribution < -0.4 is 5.32 Å². The fourth-order valence-electron chi connectivity index (χ4n) is 8.14. The van der Waals surface area contributed by atoms with Crippen LogP contribution >= 0.6 is 11.3 Å². The molecule has 9 heteroatoms. The van der Waals surface area contributed by atoms with Crippen LogP contribution in [0.25, 0.3) is 0 Å². The molecule has 3 heterocycles. The molecule has 1 aromatic carbocycles. The van der Waals surface area contributed by atoms with Crippen LogP contribution in [-0.4, -0.2) is 59.4 Å². The first kappa shape index (κ1) is 29.3. The first-order valence-electron chi connectivity index (χ1n) is 15.5. The van der Waals surface area contributed by atoms with Crippen LogP contribution in [0.1, 0.15) is 86.2 Å². The molecule has 7 rings (SSSR count). The van der Waals surface area contributed by atoms with Gasteiger partial charge in [0.2, 0.25) is 0 Å². The van der Waals surface area contributed by atoms with Crippen molar-refractivity contribution in [2.24, 2.45) is 23.2 Å². The minimum Gasteiger partial charge on any atom is -0.404 e. The summed E-state index contributed by atoms with van der Waals surface area (Å²) in [6.07, 6.45) is 4.99. The molecule has 7 atom stereocenters. The summed E-state index contributed by atoms with van der Waals surface area (Å²) in [5.74, 6) is 1.52. The molecule has 2 unspecified atom stereocenters. The predicted octanol–water partition coefficient (Wildman–Crippen LogP) is 5.79. The Bertz CT molecular complexity index is 1250. The average molecular weight is 580 g/mol. The number of carbonyl (C=O) groups excluding carboxylic acids is 1. The fraction of sp³-hybridized carbons (Fsp3) is 0.688. The summed E-state index contributed by atoms with van der Waals surface area (Å²) >= 11 is 1.45. The number of carbonyl (C=O) groups is 1. The number of nitrogens with zero attached hydrogens (tertiary/aromatic N) is 2. The highest BCUT2D eigenvalue weighted by Crippen LogP contribution is 2.66. The van der Waals surface area contributed by atoms with Gasteiger partial charge in [-0.15, -0.1) is 11.3 Å². The molecule has 3 aliphatic carbocycles. The second-order valence-corrected chi connectivity index (χ2v) is 15.3. The van der Waals surface area contributed by atoms with Gasteiger partial charge >= 0.3 is 7.12 Å². The van der Waals surface area contributed by atoms with Gasteiger partial charge in [0.1, 0.15) is 4.88 Å². The third-order valence-corrected chi connectivity index (χ3v) is 11.5. The van der Waals surface area contributed by atoms with Gasteiger partial charge in [0.15, 0.2) is 0 Å². The molecule has 2 aliphatic heterocycles. The number of aryl methyl sites for hydroxylation is 2. The number of hydroxylamine groups is 2. The molecule has 222 valence electrons. The van der Waals surface area contributed by atoms with Crippen LogP contribution in [0.4, 0.5) is 0 Å². The number of thiazole rings is 1. The topological polar surface area (TPSA) is 72.9 Å². The van der Waals surface area contributed by atoms with Crippen molar-refractivity contribution in [1.29, 1.82) is 0 Å². The Hall–Kier alpha value is -1.78. The minimum absolute atomic E-state index is 0.0125. The molecule has 41 heavy (non-hydrogen) atoms. The summed E-state index contributed by atoms with van der Waals surface area (Å²) < 4.78 is 13.8. The van der Waals surface area contributed by atoms with Gasteiger partial charge in [0, 0.05) is 13.0 Å². The molecule has 1 aromatic heterocycles. The van der Waals surface area contributed by atoms with Crippen molar-refractivity contribution in [2.75, 3.05) is 6.54 Å².